The first-order chi connectivity index (χ1) is 9.72. The molecule has 5 heteroatoms. The standard InChI is InChI=1S/C16H22N2O2.ClH/c1-20-16(19)14-8-3-2-6-12(14)9-10-13-7-4-5-11-18-15(13)17;/h2-3,6,8,13H,4-5,7,9-11H2,1H3,(H2,17,18);1H. The molecule has 1 aliphatic rings. The van der Waals surface area contributed by atoms with Gasteiger partial charge in [-0.1, -0.05) is 24.6 Å². The molecule has 0 saturated carbocycles. The van der Waals surface area contributed by atoms with E-state index in [1.165, 1.54) is 13.5 Å². The minimum absolute atomic E-state index is 0. The summed E-state index contributed by atoms with van der Waals surface area (Å²) in [5, 5.41) is 0. The van der Waals surface area contributed by atoms with Gasteiger partial charge in [-0.3, -0.25) is 4.99 Å². The molecular formula is C16H23ClN2O2. The minimum Gasteiger partial charge on any atom is -0.465 e. The molecule has 1 unspecified atom stereocenters. The van der Waals surface area contributed by atoms with E-state index in [1.54, 1.807) is 0 Å². The van der Waals surface area contributed by atoms with Crippen molar-refractivity contribution in [3.63, 3.8) is 0 Å². The number of halogens is 1. The van der Waals surface area contributed by atoms with Gasteiger partial charge in [-0.2, -0.15) is 0 Å². The SMILES string of the molecule is COC(=O)c1ccccc1CCC1CCCCN=C1N.Cl. The Labute approximate surface area is 132 Å². The monoisotopic (exact) mass is 310 g/mol. The number of benzene rings is 1. The molecule has 116 valence electrons. The van der Waals surface area contributed by atoms with Gasteiger partial charge in [0.15, 0.2) is 0 Å². The van der Waals surface area contributed by atoms with Gasteiger partial charge in [0.2, 0.25) is 0 Å². The molecule has 0 aliphatic carbocycles. The Balaban J connectivity index is 0.00000220. The van der Waals surface area contributed by atoms with Gasteiger partial charge in [0.05, 0.1) is 18.5 Å². The summed E-state index contributed by atoms with van der Waals surface area (Å²) in [5.74, 6) is 0.837. The average molecular weight is 311 g/mol. The van der Waals surface area contributed by atoms with Gasteiger partial charge < -0.3 is 10.5 Å². The van der Waals surface area contributed by atoms with Crippen LogP contribution in [0.5, 0.6) is 0 Å². The van der Waals surface area contributed by atoms with E-state index >= 15 is 0 Å². The first-order valence-corrected chi connectivity index (χ1v) is 7.18. The smallest absolute Gasteiger partial charge is 0.338 e. The van der Waals surface area contributed by atoms with Gasteiger partial charge in [-0.05, 0) is 37.3 Å². The van der Waals surface area contributed by atoms with Crippen molar-refractivity contribution in [1.82, 2.24) is 0 Å². The van der Waals surface area contributed by atoms with E-state index in [0.29, 0.717) is 11.5 Å². The summed E-state index contributed by atoms with van der Waals surface area (Å²) in [6.45, 7) is 0.848. The van der Waals surface area contributed by atoms with Crippen LogP contribution in [0, 0.1) is 5.92 Å². The van der Waals surface area contributed by atoms with Crippen molar-refractivity contribution in [2.24, 2.45) is 16.6 Å². The van der Waals surface area contributed by atoms with Gasteiger partial charge >= 0.3 is 5.97 Å². The van der Waals surface area contributed by atoms with Crippen molar-refractivity contribution in [2.45, 2.75) is 32.1 Å². The molecule has 4 nitrogen and oxygen atoms in total. The molecule has 0 bridgehead atoms. The first kappa shape index (κ1) is 17.5. The molecule has 0 radical (unpaired) electrons. The molecule has 2 N–H and O–H groups in total. The van der Waals surface area contributed by atoms with E-state index in [4.69, 9.17) is 10.5 Å². The Morgan fingerprint density at radius 1 is 1.38 bits per heavy atom. The number of esters is 1. The topological polar surface area (TPSA) is 64.7 Å². The van der Waals surface area contributed by atoms with Crippen LogP contribution < -0.4 is 5.73 Å². The van der Waals surface area contributed by atoms with Crippen LogP contribution in [0.25, 0.3) is 0 Å². The lowest BCUT2D eigenvalue weighted by Gasteiger charge is -2.15. The predicted molar refractivity (Wildman–Crippen MR) is 87.2 cm³/mol. The molecule has 21 heavy (non-hydrogen) atoms. The number of nitrogens with two attached hydrogens (primary N) is 1. The van der Waals surface area contributed by atoms with Crippen LogP contribution in [0.3, 0.4) is 0 Å². The second kappa shape index (κ2) is 8.67. The van der Waals surface area contributed by atoms with E-state index in [0.717, 1.165) is 43.6 Å². The van der Waals surface area contributed by atoms with Crippen LogP contribution in [0.15, 0.2) is 29.3 Å². The van der Waals surface area contributed by atoms with Gasteiger partial charge in [0.25, 0.3) is 0 Å². The Morgan fingerprint density at radius 2 is 2.14 bits per heavy atom. The number of hydrogen-bond acceptors (Lipinski definition) is 4. The molecule has 2 rings (SSSR count). The fourth-order valence-corrected chi connectivity index (χ4v) is 2.66. The first-order valence-electron chi connectivity index (χ1n) is 7.18. The fourth-order valence-electron chi connectivity index (χ4n) is 2.66. The molecule has 1 aromatic carbocycles. The summed E-state index contributed by atoms with van der Waals surface area (Å²) < 4.78 is 4.82. The molecule has 1 atom stereocenters. The number of nitrogens with zero attached hydrogens (tertiary/aromatic N) is 1. The van der Waals surface area contributed by atoms with Crippen LogP contribution >= 0.6 is 12.4 Å². The second-order valence-corrected chi connectivity index (χ2v) is 5.19. The largest absolute Gasteiger partial charge is 0.465 e. The van der Waals surface area contributed by atoms with Crippen molar-refractivity contribution in [3.05, 3.63) is 35.4 Å². The van der Waals surface area contributed by atoms with Gasteiger partial charge in [0, 0.05) is 12.5 Å². The molecule has 1 heterocycles. The number of amidine groups is 1. The number of hydrogen-bond donors (Lipinski definition) is 1. The average Bonchev–Trinajstić information content (AvgIpc) is 2.69. The molecular weight excluding hydrogens is 288 g/mol. The van der Waals surface area contributed by atoms with Crippen molar-refractivity contribution >= 4 is 24.2 Å². The minimum atomic E-state index is -0.275. The lowest BCUT2D eigenvalue weighted by atomic mass is 9.92. The van der Waals surface area contributed by atoms with Crippen LogP contribution in [0.4, 0.5) is 0 Å². The number of aryl methyl sites for hydroxylation is 1. The summed E-state index contributed by atoms with van der Waals surface area (Å²) in [4.78, 5) is 16.1. The molecule has 0 aromatic heterocycles. The number of ether oxygens (including phenoxy) is 1. The van der Waals surface area contributed by atoms with E-state index in [-0.39, 0.29) is 18.4 Å². The summed E-state index contributed by atoms with van der Waals surface area (Å²) in [7, 11) is 1.41. The molecule has 0 amide bonds. The maximum atomic E-state index is 11.7. The van der Waals surface area contributed by atoms with E-state index in [9.17, 15) is 4.79 Å². The highest BCUT2D eigenvalue weighted by Gasteiger charge is 2.17. The summed E-state index contributed by atoms with van der Waals surface area (Å²) >= 11 is 0. The quantitative estimate of drug-likeness (QED) is 0.869. The lowest BCUT2D eigenvalue weighted by molar-refractivity contribution is 0.0599. The van der Waals surface area contributed by atoms with Crippen molar-refractivity contribution < 1.29 is 9.53 Å². The highest BCUT2D eigenvalue weighted by molar-refractivity contribution is 5.91. The molecule has 1 aromatic rings. The van der Waals surface area contributed by atoms with E-state index < -0.39 is 0 Å². The molecule has 1 aliphatic heterocycles. The van der Waals surface area contributed by atoms with Crippen LogP contribution in [-0.2, 0) is 11.2 Å². The fraction of sp³-hybridized carbons (Fsp3) is 0.500. The zero-order valence-electron chi connectivity index (χ0n) is 12.4. The normalized spacial score (nSPS) is 18.1. The van der Waals surface area contributed by atoms with Crippen molar-refractivity contribution in [3.8, 4) is 0 Å². The Kier molecular flexibility index (Phi) is 7.23. The van der Waals surface area contributed by atoms with Gasteiger partial charge in [0.1, 0.15) is 0 Å². The number of aliphatic imine (C=N–C) groups is 1. The number of rotatable bonds is 4. The number of carbonyl (C=O) groups excluding carboxylic acids is 1. The third-order valence-corrected chi connectivity index (χ3v) is 3.86. The van der Waals surface area contributed by atoms with Gasteiger partial charge in [-0.15, -0.1) is 12.4 Å². The maximum Gasteiger partial charge on any atom is 0.338 e. The highest BCUT2D eigenvalue weighted by Crippen LogP contribution is 2.21. The Hall–Kier alpha value is -1.55. The number of methoxy groups -OCH3 is 1. The molecule has 0 saturated heterocycles. The summed E-state index contributed by atoms with van der Waals surface area (Å²) in [6, 6.07) is 7.60. The lowest BCUT2D eigenvalue weighted by Crippen LogP contribution is -2.23. The third kappa shape index (κ3) is 4.74. The summed E-state index contributed by atoms with van der Waals surface area (Å²) in [6.07, 6.45) is 5.15. The molecule has 0 spiro atoms. The van der Waals surface area contributed by atoms with Crippen LogP contribution in [0.2, 0.25) is 0 Å². The molecule has 0 fully saturated rings. The van der Waals surface area contributed by atoms with Crippen LogP contribution in [0.1, 0.15) is 41.6 Å². The summed E-state index contributed by atoms with van der Waals surface area (Å²) in [5.41, 5.74) is 7.70. The van der Waals surface area contributed by atoms with Gasteiger partial charge in [-0.25, -0.2) is 4.79 Å². The Morgan fingerprint density at radius 3 is 2.90 bits per heavy atom. The maximum absolute atomic E-state index is 11.7. The number of carbonyl (C=O) groups is 1. The van der Waals surface area contributed by atoms with E-state index in [1.807, 2.05) is 24.3 Å². The van der Waals surface area contributed by atoms with E-state index in [2.05, 4.69) is 4.99 Å². The van der Waals surface area contributed by atoms with Crippen LogP contribution in [-0.4, -0.2) is 25.5 Å². The van der Waals surface area contributed by atoms with Crippen molar-refractivity contribution in [2.75, 3.05) is 13.7 Å². The highest BCUT2D eigenvalue weighted by atomic mass is 35.5. The Bertz CT molecular complexity index is 503. The second-order valence-electron chi connectivity index (χ2n) is 5.19. The zero-order valence-corrected chi connectivity index (χ0v) is 13.2. The third-order valence-electron chi connectivity index (χ3n) is 3.86. The zero-order chi connectivity index (χ0) is 14.4. The van der Waals surface area contributed by atoms with Crippen molar-refractivity contribution in [1.29, 1.82) is 0 Å². The predicted octanol–water partition coefficient (Wildman–Crippen LogP) is 2.98.